The number of carbonyl (C=O) groups is 1. The average Bonchev–Trinajstić information content (AvgIpc) is 2.78. The number of anilines is 1. The number of hydrazone groups is 1. The fraction of sp³-hybridized carbons (Fsp3) is 0.130. The summed E-state index contributed by atoms with van der Waals surface area (Å²) in [5, 5.41) is 7.00. The van der Waals surface area contributed by atoms with E-state index in [9.17, 15) is 4.79 Å². The number of benzene rings is 3. The lowest BCUT2D eigenvalue weighted by molar-refractivity contribution is -0.119. The highest BCUT2D eigenvalue weighted by Gasteiger charge is 2.04. The van der Waals surface area contributed by atoms with Crippen LogP contribution in [0, 0.1) is 0 Å². The third kappa shape index (κ3) is 6.39. The van der Waals surface area contributed by atoms with E-state index >= 15 is 0 Å². The first-order chi connectivity index (χ1) is 14.2. The number of methoxy groups -OCH3 is 1. The number of para-hydroxylation sites is 2. The Morgan fingerprint density at radius 2 is 1.69 bits per heavy atom. The van der Waals surface area contributed by atoms with Crippen molar-refractivity contribution in [2.45, 2.75) is 6.61 Å². The highest BCUT2D eigenvalue weighted by molar-refractivity contribution is 5.84. The average molecular weight is 389 g/mol. The molecule has 2 N–H and O–H groups in total. The predicted octanol–water partition coefficient (Wildman–Crippen LogP) is 3.84. The van der Waals surface area contributed by atoms with Gasteiger partial charge in [0.1, 0.15) is 18.1 Å². The summed E-state index contributed by atoms with van der Waals surface area (Å²) < 4.78 is 11.0. The maximum absolute atomic E-state index is 11.9. The Balaban J connectivity index is 1.43. The normalized spacial score (nSPS) is 10.5. The van der Waals surface area contributed by atoms with Crippen molar-refractivity contribution in [2.75, 3.05) is 19.0 Å². The van der Waals surface area contributed by atoms with Gasteiger partial charge in [0.15, 0.2) is 0 Å². The van der Waals surface area contributed by atoms with Gasteiger partial charge in [0.25, 0.3) is 5.91 Å². The summed E-state index contributed by atoms with van der Waals surface area (Å²) in [7, 11) is 1.59. The van der Waals surface area contributed by atoms with Gasteiger partial charge in [-0.1, -0.05) is 42.5 Å². The molecule has 0 radical (unpaired) electrons. The quantitative estimate of drug-likeness (QED) is 0.431. The van der Waals surface area contributed by atoms with Crippen molar-refractivity contribution in [3.8, 4) is 11.5 Å². The van der Waals surface area contributed by atoms with Crippen molar-refractivity contribution in [2.24, 2.45) is 5.10 Å². The Kier molecular flexibility index (Phi) is 7.23. The zero-order chi connectivity index (χ0) is 20.3. The summed E-state index contributed by atoms with van der Waals surface area (Å²) in [6.07, 6.45) is 1.59. The second-order valence-corrected chi connectivity index (χ2v) is 6.19. The standard InChI is InChI=1S/C23H23N3O3/c1-28-22-10-6-5-9-21(22)24-16-23(27)26-25-15-18-11-13-20(14-12-18)29-17-19-7-3-2-4-8-19/h2-15,24H,16-17H2,1H3,(H,26,27). The Morgan fingerprint density at radius 3 is 2.45 bits per heavy atom. The topological polar surface area (TPSA) is 72.0 Å². The molecule has 0 saturated heterocycles. The van der Waals surface area contributed by atoms with Crippen molar-refractivity contribution in [1.29, 1.82) is 0 Å². The molecule has 3 aromatic carbocycles. The molecule has 0 aliphatic heterocycles. The maximum Gasteiger partial charge on any atom is 0.259 e. The molecule has 0 unspecified atom stereocenters. The number of carbonyl (C=O) groups excluding carboxylic acids is 1. The van der Waals surface area contributed by atoms with Gasteiger partial charge in [-0.3, -0.25) is 4.79 Å². The van der Waals surface area contributed by atoms with Gasteiger partial charge in [-0.2, -0.15) is 5.10 Å². The van der Waals surface area contributed by atoms with Crippen LogP contribution in [0.25, 0.3) is 0 Å². The Hall–Kier alpha value is -3.80. The van der Waals surface area contributed by atoms with Crippen LogP contribution < -0.4 is 20.2 Å². The minimum absolute atomic E-state index is 0.0873. The molecule has 6 nitrogen and oxygen atoms in total. The van der Waals surface area contributed by atoms with E-state index in [-0.39, 0.29) is 12.5 Å². The number of amides is 1. The minimum Gasteiger partial charge on any atom is -0.495 e. The molecule has 0 bridgehead atoms. The lowest BCUT2D eigenvalue weighted by Gasteiger charge is -2.09. The number of hydrogen-bond donors (Lipinski definition) is 2. The van der Waals surface area contributed by atoms with E-state index in [0.717, 1.165) is 22.6 Å². The zero-order valence-corrected chi connectivity index (χ0v) is 16.2. The molecule has 0 aromatic heterocycles. The summed E-state index contributed by atoms with van der Waals surface area (Å²) in [5.74, 6) is 1.20. The molecule has 0 saturated carbocycles. The van der Waals surface area contributed by atoms with Crippen LogP contribution in [0.2, 0.25) is 0 Å². The lowest BCUT2D eigenvalue weighted by atomic mass is 10.2. The molecule has 0 aliphatic carbocycles. The van der Waals surface area contributed by atoms with Crippen molar-refractivity contribution in [3.63, 3.8) is 0 Å². The Morgan fingerprint density at radius 1 is 0.966 bits per heavy atom. The van der Waals surface area contributed by atoms with Crippen LogP contribution in [0.3, 0.4) is 0 Å². The van der Waals surface area contributed by atoms with Gasteiger partial charge < -0.3 is 14.8 Å². The predicted molar refractivity (Wildman–Crippen MR) is 114 cm³/mol. The molecule has 0 aliphatic rings. The van der Waals surface area contributed by atoms with E-state index in [2.05, 4.69) is 15.8 Å². The largest absolute Gasteiger partial charge is 0.495 e. The summed E-state index contributed by atoms with van der Waals surface area (Å²) in [4.78, 5) is 11.9. The van der Waals surface area contributed by atoms with Crippen LogP contribution in [-0.4, -0.2) is 25.8 Å². The van der Waals surface area contributed by atoms with Gasteiger partial charge in [-0.15, -0.1) is 0 Å². The first kappa shape index (κ1) is 19.9. The van der Waals surface area contributed by atoms with Crippen molar-refractivity contribution < 1.29 is 14.3 Å². The van der Waals surface area contributed by atoms with Crippen LogP contribution in [-0.2, 0) is 11.4 Å². The molecular weight excluding hydrogens is 366 g/mol. The zero-order valence-electron chi connectivity index (χ0n) is 16.2. The molecule has 0 heterocycles. The Labute approximate surface area is 170 Å². The van der Waals surface area contributed by atoms with E-state index in [1.807, 2.05) is 78.9 Å². The molecule has 1 amide bonds. The van der Waals surface area contributed by atoms with Gasteiger partial charge >= 0.3 is 0 Å². The first-order valence-corrected chi connectivity index (χ1v) is 9.20. The van der Waals surface area contributed by atoms with E-state index in [4.69, 9.17) is 9.47 Å². The van der Waals surface area contributed by atoms with Gasteiger partial charge in [-0.25, -0.2) is 5.43 Å². The number of rotatable bonds is 9. The third-order valence-electron chi connectivity index (χ3n) is 4.08. The summed E-state index contributed by atoms with van der Waals surface area (Å²) in [6.45, 7) is 0.605. The lowest BCUT2D eigenvalue weighted by Crippen LogP contribution is -2.26. The van der Waals surface area contributed by atoms with Crippen LogP contribution in [0.15, 0.2) is 84.0 Å². The second kappa shape index (κ2) is 10.5. The number of nitrogens with one attached hydrogen (secondary N) is 2. The monoisotopic (exact) mass is 389 g/mol. The molecule has 29 heavy (non-hydrogen) atoms. The fourth-order valence-electron chi connectivity index (χ4n) is 2.58. The summed E-state index contributed by atoms with van der Waals surface area (Å²) in [6, 6.07) is 24.9. The van der Waals surface area contributed by atoms with Gasteiger partial charge in [0, 0.05) is 0 Å². The van der Waals surface area contributed by atoms with Gasteiger partial charge in [0.2, 0.25) is 0 Å². The smallest absolute Gasteiger partial charge is 0.259 e. The van der Waals surface area contributed by atoms with Crippen LogP contribution in [0.1, 0.15) is 11.1 Å². The molecule has 0 fully saturated rings. The maximum atomic E-state index is 11.9. The molecule has 3 aromatic rings. The van der Waals surface area contributed by atoms with Gasteiger partial charge in [0.05, 0.1) is 25.6 Å². The summed E-state index contributed by atoms with van der Waals surface area (Å²) >= 11 is 0. The van der Waals surface area contributed by atoms with Crippen molar-refractivity contribution >= 4 is 17.8 Å². The number of hydrogen-bond acceptors (Lipinski definition) is 5. The fourth-order valence-corrected chi connectivity index (χ4v) is 2.58. The van der Waals surface area contributed by atoms with Crippen LogP contribution >= 0.6 is 0 Å². The summed E-state index contributed by atoms with van der Waals surface area (Å²) in [5.41, 5.74) is 5.22. The third-order valence-corrected chi connectivity index (χ3v) is 4.08. The molecule has 0 atom stereocenters. The molecule has 0 spiro atoms. The number of ether oxygens (including phenoxy) is 2. The highest BCUT2D eigenvalue weighted by Crippen LogP contribution is 2.22. The van der Waals surface area contributed by atoms with Crippen LogP contribution in [0.4, 0.5) is 5.69 Å². The Bertz CT molecular complexity index is 941. The molecule has 3 rings (SSSR count). The number of nitrogens with zero attached hydrogens (tertiary/aromatic N) is 1. The second-order valence-electron chi connectivity index (χ2n) is 6.19. The van der Waals surface area contributed by atoms with Gasteiger partial charge in [-0.05, 0) is 47.5 Å². The van der Waals surface area contributed by atoms with Crippen molar-refractivity contribution in [3.05, 3.63) is 90.0 Å². The molecule has 148 valence electrons. The highest BCUT2D eigenvalue weighted by atomic mass is 16.5. The molecule has 6 heteroatoms. The minimum atomic E-state index is -0.255. The molecular formula is C23H23N3O3. The van der Waals surface area contributed by atoms with E-state index in [1.54, 1.807) is 13.3 Å². The van der Waals surface area contributed by atoms with E-state index in [1.165, 1.54) is 0 Å². The van der Waals surface area contributed by atoms with E-state index in [0.29, 0.717) is 12.4 Å². The van der Waals surface area contributed by atoms with E-state index < -0.39 is 0 Å². The first-order valence-electron chi connectivity index (χ1n) is 9.20. The SMILES string of the molecule is COc1ccccc1NCC(=O)NN=Cc1ccc(OCc2ccccc2)cc1. The van der Waals surface area contributed by atoms with Crippen molar-refractivity contribution in [1.82, 2.24) is 5.43 Å². The van der Waals surface area contributed by atoms with Crippen LogP contribution in [0.5, 0.6) is 11.5 Å².